The highest BCUT2D eigenvalue weighted by Crippen LogP contribution is 2.03. The molecule has 5 N–H and O–H groups in total. The van der Waals surface area contributed by atoms with Gasteiger partial charge >= 0.3 is 0 Å². The molecule has 1 aromatic rings. The molecule has 1 aromatic heterocycles. The fourth-order valence-electron chi connectivity index (χ4n) is 1.15. The molecule has 0 saturated heterocycles. The number of nitrogens with two attached hydrogens (primary N) is 2. The Morgan fingerprint density at radius 1 is 1.57 bits per heavy atom. The monoisotopic (exact) mass is 196 g/mol. The van der Waals surface area contributed by atoms with E-state index in [-0.39, 0.29) is 23.6 Å². The second-order valence-corrected chi connectivity index (χ2v) is 2.87. The van der Waals surface area contributed by atoms with E-state index in [0.717, 1.165) is 0 Å². The van der Waals surface area contributed by atoms with Crippen molar-refractivity contribution in [2.75, 3.05) is 5.73 Å². The number of amides is 1. The summed E-state index contributed by atoms with van der Waals surface area (Å²) in [4.78, 5) is 28.2. The first-order chi connectivity index (χ1) is 6.54. The predicted molar refractivity (Wildman–Crippen MR) is 51.5 cm³/mol. The SMILES string of the molecule is CCc1c(N)nc(CC(N)=O)[nH]c1=O. The Morgan fingerprint density at radius 2 is 2.21 bits per heavy atom. The van der Waals surface area contributed by atoms with Gasteiger partial charge in [0.05, 0.1) is 12.0 Å². The summed E-state index contributed by atoms with van der Waals surface area (Å²) in [5.74, 6) is -0.193. The predicted octanol–water partition coefficient (Wildman–Crippen LogP) is -1.06. The molecule has 6 heteroatoms. The first-order valence-corrected chi connectivity index (χ1v) is 4.20. The normalized spacial score (nSPS) is 10.1. The van der Waals surface area contributed by atoms with Gasteiger partial charge in [-0.25, -0.2) is 4.98 Å². The fraction of sp³-hybridized carbons (Fsp3) is 0.375. The summed E-state index contributed by atoms with van der Waals surface area (Å²) in [7, 11) is 0. The van der Waals surface area contributed by atoms with Gasteiger partial charge in [0.15, 0.2) is 0 Å². The van der Waals surface area contributed by atoms with Crippen molar-refractivity contribution in [1.82, 2.24) is 9.97 Å². The number of nitrogens with zero attached hydrogens (tertiary/aromatic N) is 1. The van der Waals surface area contributed by atoms with Crippen LogP contribution in [0.4, 0.5) is 5.82 Å². The van der Waals surface area contributed by atoms with Gasteiger partial charge in [-0.05, 0) is 6.42 Å². The van der Waals surface area contributed by atoms with Crippen molar-refractivity contribution >= 4 is 11.7 Å². The third-order valence-corrected chi connectivity index (χ3v) is 1.79. The lowest BCUT2D eigenvalue weighted by atomic mass is 10.2. The maximum atomic E-state index is 11.3. The van der Waals surface area contributed by atoms with Gasteiger partial charge in [0, 0.05) is 0 Å². The average Bonchev–Trinajstić information content (AvgIpc) is 2.01. The van der Waals surface area contributed by atoms with Gasteiger partial charge in [-0.3, -0.25) is 9.59 Å². The second-order valence-electron chi connectivity index (χ2n) is 2.87. The van der Waals surface area contributed by atoms with Crippen LogP contribution in [-0.2, 0) is 17.6 Å². The zero-order valence-electron chi connectivity index (χ0n) is 7.83. The number of anilines is 1. The molecular formula is C8H12N4O2. The minimum absolute atomic E-state index is 0.108. The molecule has 0 saturated carbocycles. The van der Waals surface area contributed by atoms with E-state index in [1.165, 1.54) is 0 Å². The van der Waals surface area contributed by atoms with Crippen molar-refractivity contribution in [2.24, 2.45) is 5.73 Å². The van der Waals surface area contributed by atoms with Gasteiger partial charge < -0.3 is 16.5 Å². The number of nitrogens with one attached hydrogen (secondary N) is 1. The third-order valence-electron chi connectivity index (χ3n) is 1.79. The number of aromatic nitrogens is 2. The molecule has 0 unspecified atom stereocenters. The summed E-state index contributed by atoms with van der Waals surface area (Å²) < 4.78 is 0. The quantitative estimate of drug-likeness (QED) is 0.571. The van der Waals surface area contributed by atoms with E-state index in [2.05, 4.69) is 9.97 Å². The smallest absolute Gasteiger partial charge is 0.256 e. The van der Waals surface area contributed by atoms with E-state index in [9.17, 15) is 9.59 Å². The Labute approximate surface area is 80.3 Å². The Morgan fingerprint density at radius 3 is 2.64 bits per heavy atom. The summed E-state index contributed by atoms with van der Waals surface area (Å²) in [5.41, 5.74) is 10.6. The molecule has 0 aliphatic rings. The van der Waals surface area contributed by atoms with Gasteiger partial charge in [-0.15, -0.1) is 0 Å². The van der Waals surface area contributed by atoms with Crippen molar-refractivity contribution < 1.29 is 4.79 Å². The molecule has 0 aliphatic heterocycles. The van der Waals surface area contributed by atoms with E-state index < -0.39 is 5.91 Å². The molecule has 14 heavy (non-hydrogen) atoms. The van der Waals surface area contributed by atoms with Crippen LogP contribution in [0, 0.1) is 0 Å². The van der Waals surface area contributed by atoms with Crippen molar-refractivity contribution in [1.29, 1.82) is 0 Å². The maximum absolute atomic E-state index is 11.3. The van der Waals surface area contributed by atoms with E-state index in [1.54, 1.807) is 6.92 Å². The summed E-state index contributed by atoms with van der Waals surface area (Å²) in [6, 6.07) is 0. The molecule has 0 radical (unpaired) electrons. The molecule has 0 aromatic carbocycles. The summed E-state index contributed by atoms with van der Waals surface area (Å²) >= 11 is 0. The van der Waals surface area contributed by atoms with Gasteiger partial charge in [-0.2, -0.15) is 0 Å². The number of primary amides is 1. The molecule has 6 nitrogen and oxygen atoms in total. The van der Waals surface area contributed by atoms with Crippen molar-refractivity contribution in [3.63, 3.8) is 0 Å². The topological polar surface area (TPSA) is 115 Å². The van der Waals surface area contributed by atoms with E-state index in [0.29, 0.717) is 12.0 Å². The standard InChI is InChI=1S/C8H12N4O2/c1-2-4-7(10)11-6(3-5(9)13)12-8(4)14/h2-3H2,1H3,(H2,9,13)(H3,10,11,12,14). The lowest BCUT2D eigenvalue weighted by molar-refractivity contribution is -0.117. The molecule has 0 bridgehead atoms. The molecule has 1 amide bonds. The number of carbonyl (C=O) groups is 1. The Hall–Kier alpha value is -1.85. The van der Waals surface area contributed by atoms with Crippen molar-refractivity contribution in [2.45, 2.75) is 19.8 Å². The van der Waals surface area contributed by atoms with Gasteiger partial charge in [-0.1, -0.05) is 6.92 Å². The summed E-state index contributed by atoms with van der Waals surface area (Å²) in [6.07, 6.45) is 0.397. The Balaban J connectivity index is 3.14. The van der Waals surface area contributed by atoms with Crippen LogP contribution >= 0.6 is 0 Å². The average molecular weight is 196 g/mol. The van der Waals surface area contributed by atoms with Crippen molar-refractivity contribution in [3.8, 4) is 0 Å². The van der Waals surface area contributed by atoms with Crippen LogP contribution in [-0.4, -0.2) is 15.9 Å². The first kappa shape index (κ1) is 10.2. The highest BCUT2D eigenvalue weighted by molar-refractivity contribution is 5.75. The molecular weight excluding hydrogens is 184 g/mol. The van der Waals surface area contributed by atoms with Crippen molar-refractivity contribution in [3.05, 3.63) is 21.7 Å². The number of nitrogen functional groups attached to an aromatic ring is 1. The van der Waals surface area contributed by atoms with Gasteiger partial charge in [0.25, 0.3) is 5.56 Å². The van der Waals surface area contributed by atoms with E-state index in [4.69, 9.17) is 11.5 Å². The maximum Gasteiger partial charge on any atom is 0.256 e. The van der Waals surface area contributed by atoms with Gasteiger partial charge in [0.2, 0.25) is 5.91 Å². The highest BCUT2D eigenvalue weighted by atomic mass is 16.1. The zero-order chi connectivity index (χ0) is 10.7. The van der Waals surface area contributed by atoms with Crippen LogP contribution in [0.3, 0.4) is 0 Å². The number of aromatic amines is 1. The summed E-state index contributed by atoms with van der Waals surface area (Å²) in [6.45, 7) is 1.80. The van der Waals surface area contributed by atoms with Crippen LogP contribution < -0.4 is 17.0 Å². The molecule has 0 atom stereocenters. The molecule has 0 fully saturated rings. The van der Waals surface area contributed by atoms with Crippen LogP contribution in [0.1, 0.15) is 18.3 Å². The molecule has 76 valence electrons. The van der Waals surface area contributed by atoms with E-state index >= 15 is 0 Å². The number of carbonyl (C=O) groups excluding carboxylic acids is 1. The van der Waals surface area contributed by atoms with E-state index in [1.807, 2.05) is 0 Å². The number of rotatable bonds is 3. The Bertz CT molecular complexity index is 410. The number of hydrogen-bond donors (Lipinski definition) is 3. The number of hydrogen-bond acceptors (Lipinski definition) is 4. The van der Waals surface area contributed by atoms with Crippen LogP contribution in [0.15, 0.2) is 4.79 Å². The van der Waals surface area contributed by atoms with Crippen LogP contribution in [0.5, 0.6) is 0 Å². The molecule has 1 heterocycles. The van der Waals surface area contributed by atoms with Crippen LogP contribution in [0.25, 0.3) is 0 Å². The molecule has 0 spiro atoms. The number of H-pyrrole nitrogens is 1. The Kier molecular flexibility index (Phi) is 2.85. The second kappa shape index (κ2) is 3.91. The summed E-state index contributed by atoms with van der Waals surface area (Å²) in [5, 5.41) is 0. The minimum atomic E-state index is -0.559. The molecule has 1 rings (SSSR count). The molecule has 0 aliphatic carbocycles. The third kappa shape index (κ3) is 2.09. The van der Waals surface area contributed by atoms with Gasteiger partial charge in [0.1, 0.15) is 11.6 Å². The van der Waals surface area contributed by atoms with Crippen LogP contribution in [0.2, 0.25) is 0 Å². The lowest BCUT2D eigenvalue weighted by Crippen LogP contribution is -2.23. The first-order valence-electron chi connectivity index (χ1n) is 4.20. The fourth-order valence-corrected chi connectivity index (χ4v) is 1.15. The highest BCUT2D eigenvalue weighted by Gasteiger charge is 2.08. The largest absolute Gasteiger partial charge is 0.383 e. The lowest BCUT2D eigenvalue weighted by Gasteiger charge is -2.03. The minimum Gasteiger partial charge on any atom is -0.383 e. The zero-order valence-corrected chi connectivity index (χ0v) is 7.83.